The number of aliphatic hydroxyl groups is 1. The Bertz CT molecular complexity index is 1570. The molecule has 0 radical (unpaired) electrons. The Kier molecular flexibility index (Phi) is 11.0. The number of carbonyl (C=O) groups excluding carboxylic acids is 1. The first kappa shape index (κ1) is 33.3. The summed E-state index contributed by atoms with van der Waals surface area (Å²) in [4.78, 5) is 22.1. The van der Waals surface area contributed by atoms with Gasteiger partial charge in [0.05, 0.1) is 29.1 Å². The Labute approximate surface area is 256 Å². The summed E-state index contributed by atoms with van der Waals surface area (Å²) < 4.78 is 56.9. The molecule has 1 aliphatic carbocycles. The van der Waals surface area contributed by atoms with Crippen molar-refractivity contribution in [3.05, 3.63) is 64.9 Å². The van der Waals surface area contributed by atoms with Gasteiger partial charge in [-0.1, -0.05) is 26.2 Å². The second kappa shape index (κ2) is 14.5. The molecular weight excluding hydrogens is 594 g/mol. The minimum atomic E-state index is -3.59. The van der Waals surface area contributed by atoms with Crippen molar-refractivity contribution in [3.63, 3.8) is 0 Å². The van der Waals surface area contributed by atoms with Gasteiger partial charge in [-0.2, -0.15) is 0 Å². The number of sulfonamides is 1. The number of anilines is 1. The molecule has 1 amide bonds. The fourth-order valence-corrected chi connectivity index (χ4v) is 7.21. The predicted octanol–water partition coefficient (Wildman–Crippen LogP) is 3.59. The van der Waals surface area contributed by atoms with Crippen LogP contribution in [0.3, 0.4) is 0 Å². The van der Waals surface area contributed by atoms with Crippen LogP contribution in [0, 0.1) is 11.6 Å². The van der Waals surface area contributed by atoms with Crippen LogP contribution in [0.5, 0.6) is 0 Å². The number of aliphatic hydroxyl groups excluding tert-OH is 1. The first-order valence-corrected chi connectivity index (χ1v) is 16.5. The highest BCUT2D eigenvalue weighted by Gasteiger charge is 2.30. The number of carbonyl (C=O) groups is 2. The zero-order chi connectivity index (χ0) is 32.0. The van der Waals surface area contributed by atoms with Crippen LogP contribution in [-0.2, 0) is 34.2 Å². The largest absolute Gasteiger partial charge is 0.483 e. The van der Waals surface area contributed by atoms with E-state index >= 15 is 0 Å². The van der Waals surface area contributed by atoms with Gasteiger partial charge in [0.1, 0.15) is 11.6 Å². The quantitative estimate of drug-likeness (QED) is 0.264. The number of hydrogen-bond donors (Lipinski definition) is 4. The van der Waals surface area contributed by atoms with Crippen LogP contribution in [-0.4, -0.2) is 73.1 Å². The zero-order valence-corrected chi connectivity index (χ0v) is 25.7. The number of aromatic nitrogens is 1. The summed E-state index contributed by atoms with van der Waals surface area (Å²) in [5, 5.41) is 25.2. The fraction of sp³-hybridized carbons (Fsp3) is 0.484. The van der Waals surface area contributed by atoms with E-state index in [-0.39, 0.29) is 36.8 Å². The molecule has 2 aromatic carbocycles. The molecule has 1 aliphatic heterocycles. The van der Waals surface area contributed by atoms with E-state index in [1.165, 1.54) is 29.9 Å². The molecule has 5 rings (SSSR count). The Morgan fingerprint density at radius 1 is 1.11 bits per heavy atom. The molecule has 1 aromatic heterocycles. The van der Waals surface area contributed by atoms with E-state index in [1.807, 2.05) is 17.7 Å². The highest BCUT2D eigenvalue weighted by atomic mass is 32.2. The molecule has 1 fully saturated rings. The number of aryl methyl sites for hydroxylation is 2. The van der Waals surface area contributed by atoms with Crippen molar-refractivity contribution < 1.29 is 37.0 Å². The van der Waals surface area contributed by atoms with Crippen molar-refractivity contribution in [1.29, 1.82) is 0 Å². The third-order valence-corrected chi connectivity index (χ3v) is 10.1. The van der Waals surface area contributed by atoms with Crippen molar-refractivity contribution in [3.8, 4) is 0 Å². The molecule has 44 heavy (non-hydrogen) atoms. The average Bonchev–Trinajstić information content (AvgIpc) is 3.31. The van der Waals surface area contributed by atoms with Gasteiger partial charge in [0.25, 0.3) is 12.4 Å². The van der Waals surface area contributed by atoms with Gasteiger partial charge in [0.2, 0.25) is 10.0 Å². The minimum Gasteiger partial charge on any atom is -0.483 e. The molecule has 13 heteroatoms. The monoisotopic (exact) mass is 634 g/mol. The van der Waals surface area contributed by atoms with Gasteiger partial charge in [-0.3, -0.25) is 13.9 Å². The summed E-state index contributed by atoms with van der Waals surface area (Å²) in [6.45, 7) is 2.28. The van der Waals surface area contributed by atoms with Crippen LogP contribution in [0.2, 0.25) is 0 Å². The Hall–Kier alpha value is -3.55. The molecule has 240 valence electrons. The predicted molar refractivity (Wildman–Crippen MR) is 164 cm³/mol. The van der Waals surface area contributed by atoms with Crippen molar-refractivity contribution >= 4 is 39.0 Å². The minimum absolute atomic E-state index is 0.00784. The molecule has 0 unspecified atom stereocenters. The summed E-state index contributed by atoms with van der Waals surface area (Å²) in [6.07, 6.45) is 7.06. The third-order valence-electron chi connectivity index (χ3n) is 8.40. The van der Waals surface area contributed by atoms with Crippen LogP contribution < -0.4 is 14.9 Å². The summed E-state index contributed by atoms with van der Waals surface area (Å²) in [5.41, 5.74) is 2.71. The van der Waals surface area contributed by atoms with Gasteiger partial charge >= 0.3 is 0 Å². The molecule has 0 saturated heterocycles. The molecular formula is C31H40F2N4O6S. The molecule has 0 spiro atoms. The number of benzene rings is 2. The normalized spacial score (nSPS) is 17.7. The van der Waals surface area contributed by atoms with Gasteiger partial charge in [-0.05, 0) is 61.1 Å². The molecule has 1 saturated carbocycles. The van der Waals surface area contributed by atoms with Gasteiger partial charge < -0.3 is 25.4 Å². The van der Waals surface area contributed by atoms with Crippen molar-refractivity contribution in [2.75, 3.05) is 23.7 Å². The number of nitrogens with one attached hydrogen (secondary N) is 2. The Morgan fingerprint density at radius 3 is 2.41 bits per heavy atom. The summed E-state index contributed by atoms with van der Waals surface area (Å²) >= 11 is 0. The molecule has 0 bridgehead atoms. The zero-order valence-electron chi connectivity index (χ0n) is 24.9. The lowest BCUT2D eigenvalue weighted by molar-refractivity contribution is -0.122. The van der Waals surface area contributed by atoms with Crippen molar-refractivity contribution in [2.24, 2.45) is 0 Å². The van der Waals surface area contributed by atoms with Crippen LogP contribution in [0.1, 0.15) is 60.5 Å². The highest BCUT2D eigenvalue weighted by Crippen LogP contribution is 2.35. The van der Waals surface area contributed by atoms with Gasteiger partial charge in [0, 0.05) is 49.4 Å². The van der Waals surface area contributed by atoms with Gasteiger partial charge in [0.15, 0.2) is 0 Å². The number of rotatable bonds is 9. The third kappa shape index (κ3) is 7.74. The average molecular weight is 635 g/mol. The number of hydrogen-bond acceptors (Lipinski definition) is 6. The highest BCUT2D eigenvalue weighted by molar-refractivity contribution is 7.92. The number of carboxylic acid groups (broad SMARTS) is 1. The van der Waals surface area contributed by atoms with E-state index in [1.54, 1.807) is 12.1 Å². The van der Waals surface area contributed by atoms with E-state index in [2.05, 4.69) is 10.6 Å². The fourth-order valence-electron chi connectivity index (χ4n) is 6.07. The van der Waals surface area contributed by atoms with Gasteiger partial charge in [-0.15, -0.1) is 0 Å². The maximum atomic E-state index is 14.0. The lowest BCUT2D eigenvalue weighted by Crippen LogP contribution is -2.50. The van der Waals surface area contributed by atoms with E-state index in [0.29, 0.717) is 24.2 Å². The lowest BCUT2D eigenvalue weighted by Gasteiger charge is -2.28. The smallest absolute Gasteiger partial charge is 0.290 e. The number of halogens is 2. The van der Waals surface area contributed by atoms with Gasteiger partial charge in [-0.25, -0.2) is 17.2 Å². The lowest BCUT2D eigenvalue weighted by atomic mass is 9.94. The van der Waals surface area contributed by atoms with Crippen molar-refractivity contribution in [2.45, 2.75) is 76.6 Å². The van der Waals surface area contributed by atoms with E-state index in [9.17, 15) is 27.1 Å². The topological polar surface area (TPSA) is 141 Å². The SMILES string of the molecule is CCc1cn2c3c(cc(C(=O)N[C@@H](Cc4cc(F)cc(F)c4)[C@H](O)CNC4CCCCC4)cc13)N(C)S(=O)(=O)CC2.O=CO. The van der Waals surface area contributed by atoms with E-state index in [0.717, 1.165) is 48.2 Å². The number of nitrogens with zero attached hydrogens (tertiary/aromatic N) is 2. The first-order valence-electron chi connectivity index (χ1n) is 14.8. The second-order valence-corrected chi connectivity index (χ2v) is 13.5. The molecule has 4 N–H and O–H groups in total. The Morgan fingerprint density at radius 2 is 1.77 bits per heavy atom. The standard InChI is InChI=1S/C30H38F2N4O4S.CH2O2/c1-3-20-18-36-9-10-41(39,40)35(2)27-15-21(14-25(20)29(27)36)30(38)34-26(13-19-11-22(31)16-23(32)12-19)28(37)17-33-24-7-5-4-6-8-24;2-1-3/h11-12,14-16,18,24,26,28,33,37H,3-10,13,17H2,1-2H3,(H,34,38);1H,(H,2,3)/t26-,28+;/m0./s1. The van der Waals surface area contributed by atoms with Crippen molar-refractivity contribution in [1.82, 2.24) is 15.2 Å². The van der Waals surface area contributed by atoms with Crippen LogP contribution in [0.4, 0.5) is 14.5 Å². The molecule has 10 nitrogen and oxygen atoms in total. The van der Waals surface area contributed by atoms with E-state index in [4.69, 9.17) is 9.90 Å². The van der Waals surface area contributed by atoms with Crippen LogP contribution in [0.15, 0.2) is 36.5 Å². The molecule has 2 heterocycles. The maximum Gasteiger partial charge on any atom is 0.290 e. The molecule has 2 aliphatic rings. The first-order chi connectivity index (χ1) is 21.0. The van der Waals surface area contributed by atoms with Crippen LogP contribution >= 0.6 is 0 Å². The van der Waals surface area contributed by atoms with Crippen LogP contribution in [0.25, 0.3) is 10.9 Å². The summed E-state index contributed by atoms with van der Waals surface area (Å²) in [5.74, 6) is -2.03. The maximum absolute atomic E-state index is 14.0. The molecule has 2 atom stereocenters. The Balaban J connectivity index is 0.00000141. The summed E-state index contributed by atoms with van der Waals surface area (Å²) in [6, 6.07) is 5.89. The van der Waals surface area contributed by atoms with E-state index < -0.39 is 39.7 Å². The molecule has 3 aromatic rings. The summed E-state index contributed by atoms with van der Waals surface area (Å²) in [7, 11) is -2.10. The number of amides is 1. The second-order valence-electron chi connectivity index (χ2n) is 11.4.